The molecule has 1 aliphatic rings. The highest BCUT2D eigenvalue weighted by atomic mass is 16.5. The number of carbonyl (C=O) groups excluding carboxylic acids is 1. The van der Waals surface area contributed by atoms with Crippen LogP contribution in [0.4, 0.5) is 0 Å². The molecular weight excluding hydrogens is 302 g/mol. The van der Waals surface area contributed by atoms with Gasteiger partial charge in [0.05, 0.1) is 13.2 Å². The number of hydrogen-bond donors (Lipinski definition) is 2. The molecule has 0 atom stereocenters. The van der Waals surface area contributed by atoms with Gasteiger partial charge in [-0.15, -0.1) is 0 Å². The number of ether oxygens (including phenoxy) is 1. The van der Waals surface area contributed by atoms with Crippen molar-refractivity contribution in [2.24, 2.45) is 0 Å². The minimum absolute atomic E-state index is 0.145. The lowest BCUT2D eigenvalue weighted by molar-refractivity contribution is -0.121. The molecule has 130 valence electrons. The fourth-order valence-corrected chi connectivity index (χ4v) is 3.19. The lowest BCUT2D eigenvalue weighted by Crippen LogP contribution is -2.37. The average Bonchev–Trinajstić information content (AvgIpc) is 3.04. The number of para-hydroxylation sites is 1. The lowest BCUT2D eigenvalue weighted by atomic mass is 10.1. The third-order valence-electron chi connectivity index (χ3n) is 4.62. The van der Waals surface area contributed by atoms with E-state index in [-0.39, 0.29) is 5.91 Å². The number of H-pyrrole nitrogens is 1. The van der Waals surface area contributed by atoms with E-state index in [0.717, 1.165) is 64.2 Å². The highest BCUT2D eigenvalue weighted by Gasteiger charge is 2.09. The number of fused-ring (bicyclic) bond motifs is 1. The fraction of sp³-hybridized carbons (Fsp3) is 0.526. The predicted molar refractivity (Wildman–Crippen MR) is 96.1 cm³/mol. The van der Waals surface area contributed by atoms with Gasteiger partial charge in [-0.3, -0.25) is 9.69 Å². The van der Waals surface area contributed by atoms with Crippen molar-refractivity contribution in [3.05, 3.63) is 36.0 Å². The molecular formula is C19H27N3O2. The van der Waals surface area contributed by atoms with Gasteiger partial charge in [-0.25, -0.2) is 0 Å². The van der Waals surface area contributed by atoms with Gasteiger partial charge in [0.25, 0.3) is 0 Å². The predicted octanol–water partition coefficient (Wildman–Crippen LogP) is 2.33. The first-order valence-corrected chi connectivity index (χ1v) is 8.95. The molecule has 5 heteroatoms. The summed E-state index contributed by atoms with van der Waals surface area (Å²) in [6, 6.07) is 8.22. The first-order valence-electron chi connectivity index (χ1n) is 8.95. The topological polar surface area (TPSA) is 57.4 Å². The van der Waals surface area contributed by atoms with Crippen LogP contribution in [0.2, 0.25) is 0 Å². The quantitative estimate of drug-likeness (QED) is 0.731. The normalized spacial score (nSPS) is 15.7. The molecule has 0 saturated carbocycles. The molecule has 1 saturated heterocycles. The van der Waals surface area contributed by atoms with Crippen LogP contribution in [-0.4, -0.2) is 55.2 Å². The van der Waals surface area contributed by atoms with Crippen LogP contribution in [0.25, 0.3) is 10.9 Å². The zero-order valence-corrected chi connectivity index (χ0v) is 14.2. The van der Waals surface area contributed by atoms with E-state index >= 15 is 0 Å². The Balaban J connectivity index is 1.30. The average molecular weight is 329 g/mol. The summed E-state index contributed by atoms with van der Waals surface area (Å²) >= 11 is 0. The molecule has 0 unspecified atom stereocenters. The van der Waals surface area contributed by atoms with Crippen molar-refractivity contribution in [2.45, 2.75) is 25.7 Å². The van der Waals surface area contributed by atoms with Crippen LogP contribution in [-0.2, 0) is 16.0 Å². The van der Waals surface area contributed by atoms with Crippen molar-refractivity contribution < 1.29 is 9.53 Å². The number of nitrogens with one attached hydrogen (secondary N) is 2. The summed E-state index contributed by atoms with van der Waals surface area (Å²) in [6.07, 6.45) is 5.51. The van der Waals surface area contributed by atoms with Crippen LogP contribution in [0.3, 0.4) is 0 Å². The highest BCUT2D eigenvalue weighted by molar-refractivity contribution is 5.84. The third kappa shape index (κ3) is 4.82. The van der Waals surface area contributed by atoms with E-state index in [2.05, 4.69) is 27.3 Å². The van der Waals surface area contributed by atoms with Crippen molar-refractivity contribution in [3.63, 3.8) is 0 Å². The maximum Gasteiger partial charge on any atom is 0.220 e. The Morgan fingerprint density at radius 1 is 1.21 bits per heavy atom. The summed E-state index contributed by atoms with van der Waals surface area (Å²) in [5.74, 6) is 0.145. The number of benzene rings is 1. The van der Waals surface area contributed by atoms with E-state index in [4.69, 9.17) is 4.74 Å². The third-order valence-corrected chi connectivity index (χ3v) is 4.62. The maximum absolute atomic E-state index is 12.0. The number of rotatable bonds is 8. The molecule has 1 amide bonds. The van der Waals surface area contributed by atoms with E-state index in [1.165, 1.54) is 10.9 Å². The van der Waals surface area contributed by atoms with Gasteiger partial charge in [-0.1, -0.05) is 18.2 Å². The molecule has 3 rings (SSSR count). The van der Waals surface area contributed by atoms with Crippen molar-refractivity contribution >= 4 is 16.8 Å². The van der Waals surface area contributed by atoms with Crippen molar-refractivity contribution in [1.82, 2.24) is 15.2 Å². The largest absolute Gasteiger partial charge is 0.379 e. The minimum atomic E-state index is 0.145. The second kappa shape index (κ2) is 8.85. The molecule has 1 aromatic carbocycles. The number of aromatic amines is 1. The molecule has 1 aromatic heterocycles. The van der Waals surface area contributed by atoms with Gasteiger partial charge in [-0.05, 0) is 37.4 Å². The Kier molecular flexibility index (Phi) is 6.26. The van der Waals surface area contributed by atoms with Crippen molar-refractivity contribution in [2.75, 3.05) is 39.4 Å². The maximum atomic E-state index is 12.0. The molecule has 2 aromatic rings. The monoisotopic (exact) mass is 329 g/mol. The zero-order valence-electron chi connectivity index (χ0n) is 14.2. The summed E-state index contributed by atoms with van der Waals surface area (Å²) in [7, 11) is 0. The molecule has 0 radical (unpaired) electrons. The lowest BCUT2D eigenvalue weighted by Gasteiger charge is -2.26. The van der Waals surface area contributed by atoms with Gasteiger partial charge < -0.3 is 15.0 Å². The Bertz CT molecular complexity index is 647. The second-order valence-corrected chi connectivity index (χ2v) is 6.37. The number of unbranched alkanes of at least 4 members (excludes halogenated alkanes) is 1. The van der Waals surface area contributed by atoms with Gasteiger partial charge in [-0.2, -0.15) is 0 Å². The van der Waals surface area contributed by atoms with E-state index in [1.54, 1.807) is 0 Å². The van der Waals surface area contributed by atoms with E-state index in [0.29, 0.717) is 6.42 Å². The molecule has 2 heterocycles. The molecule has 2 N–H and O–H groups in total. The molecule has 24 heavy (non-hydrogen) atoms. The van der Waals surface area contributed by atoms with Gasteiger partial charge in [0, 0.05) is 43.2 Å². The molecule has 1 aliphatic heterocycles. The zero-order chi connectivity index (χ0) is 16.6. The number of morpholine rings is 1. The first kappa shape index (κ1) is 17.0. The Hall–Kier alpha value is -1.85. The number of aryl methyl sites for hydroxylation is 1. The number of hydrogen-bond acceptors (Lipinski definition) is 3. The number of aromatic nitrogens is 1. The molecule has 0 aliphatic carbocycles. The van der Waals surface area contributed by atoms with Crippen molar-refractivity contribution in [3.8, 4) is 0 Å². The van der Waals surface area contributed by atoms with Gasteiger partial charge in [0.2, 0.25) is 5.91 Å². The van der Waals surface area contributed by atoms with E-state index in [1.807, 2.05) is 18.3 Å². The molecule has 1 fully saturated rings. The van der Waals surface area contributed by atoms with Crippen LogP contribution in [0.15, 0.2) is 30.5 Å². The van der Waals surface area contributed by atoms with Gasteiger partial charge in [0.1, 0.15) is 0 Å². The first-order chi connectivity index (χ1) is 11.8. The molecule has 0 spiro atoms. The summed E-state index contributed by atoms with van der Waals surface area (Å²) in [5.41, 5.74) is 2.35. The number of nitrogens with zero attached hydrogens (tertiary/aromatic N) is 1. The molecule has 0 bridgehead atoms. The summed E-state index contributed by atoms with van der Waals surface area (Å²) in [4.78, 5) is 17.7. The standard InChI is InChI=1S/C19H27N3O2/c23-19(20-9-3-4-10-22-11-13-24-14-12-22)8-7-16-15-21-18-6-2-1-5-17(16)18/h1-2,5-6,15,21H,3-4,7-14H2,(H,20,23). The Morgan fingerprint density at radius 3 is 2.92 bits per heavy atom. The highest BCUT2D eigenvalue weighted by Crippen LogP contribution is 2.18. The summed E-state index contributed by atoms with van der Waals surface area (Å²) in [5, 5.41) is 4.26. The molecule has 5 nitrogen and oxygen atoms in total. The van der Waals surface area contributed by atoms with Gasteiger partial charge in [0.15, 0.2) is 0 Å². The minimum Gasteiger partial charge on any atom is -0.379 e. The van der Waals surface area contributed by atoms with Crippen LogP contribution < -0.4 is 5.32 Å². The number of amides is 1. The van der Waals surface area contributed by atoms with E-state index in [9.17, 15) is 4.79 Å². The van der Waals surface area contributed by atoms with Crippen molar-refractivity contribution in [1.29, 1.82) is 0 Å². The second-order valence-electron chi connectivity index (χ2n) is 6.37. The fourth-order valence-electron chi connectivity index (χ4n) is 3.19. The SMILES string of the molecule is O=C(CCc1c[nH]c2ccccc12)NCCCCN1CCOCC1. The van der Waals surface area contributed by atoms with Crippen LogP contribution >= 0.6 is 0 Å². The Morgan fingerprint density at radius 2 is 2.04 bits per heavy atom. The summed E-state index contributed by atoms with van der Waals surface area (Å²) < 4.78 is 5.34. The van der Waals surface area contributed by atoms with E-state index < -0.39 is 0 Å². The van der Waals surface area contributed by atoms with Gasteiger partial charge >= 0.3 is 0 Å². The number of carbonyl (C=O) groups is 1. The summed E-state index contributed by atoms with van der Waals surface area (Å²) in [6.45, 7) is 5.66. The Labute approximate surface area is 143 Å². The smallest absolute Gasteiger partial charge is 0.220 e. The van der Waals surface area contributed by atoms with Crippen LogP contribution in [0.5, 0.6) is 0 Å². The van der Waals surface area contributed by atoms with Crippen LogP contribution in [0, 0.1) is 0 Å². The van der Waals surface area contributed by atoms with Crippen LogP contribution in [0.1, 0.15) is 24.8 Å².